The lowest BCUT2D eigenvalue weighted by molar-refractivity contribution is -0.124. The molecule has 4 amide bonds. The standard InChI is InChI=1S/C20H17ClFN3O4/c1-11(25-19(28)12-5-2-3-6-13(12)20(25)29)17(26)23-9-10-24-18(27)16-14(21)7-4-8-15(16)22/h2-8,11H,9-10H2,1H3,(H,23,26)(H,24,27). The highest BCUT2D eigenvalue weighted by atomic mass is 35.5. The SMILES string of the molecule is CC(C(=O)NCCNC(=O)c1c(F)cccc1Cl)N1C(=O)c2ccccc2C1=O. The summed E-state index contributed by atoms with van der Waals surface area (Å²) >= 11 is 5.83. The third kappa shape index (κ3) is 3.97. The minimum atomic E-state index is -1.03. The lowest BCUT2D eigenvalue weighted by Crippen LogP contribution is -2.49. The van der Waals surface area contributed by atoms with Gasteiger partial charge < -0.3 is 10.6 Å². The Labute approximate surface area is 170 Å². The lowest BCUT2D eigenvalue weighted by atomic mass is 10.1. The average molecular weight is 418 g/mol. The molecule has 1 unspecified atom stereocenters. The van der Waals surface area contributed by atoms with Crippen LogP contribution in [-0.4, -0.2) is 47.7 Å². The van der Waals surface area contributed by atoms with Gasteiger partial charge in [0, 0.05) is 13.1 Å². The molecule has 29 heavy (non-hydrogen) atoms. The van der Waals surface area contributed by atoms with Crippen molar-refractivity contribution in [1.82, 2.24) is 15.5 Å². The van der Waals surface area contributed by atoms with E-state index in [1.807, 2.05) is 0 Å². The molecule has 0 bridgehead atoms. The highest BCUT2D eigenvalue weighted by Gasteiger charge is 2.40. The molecule has 2 aromatic rings. The van der Waals surface area contributed by atoms with E-state index in [9.17, 15) is 23.6 Å². The second kappa shape index (κ2) is 8.40. The highest BCUT2D eigenvalue weighted by Crippen LogP contribution is 2.24. The monoisotopic (exact) mass is 417 g/mol. The second-order valence-corrected chi connectivity index (χ2v) is 6.75. The lowest BCUT2D eigenvalue weighted by Gasteiger charge is -2.21. The van der Waals surface area contributed by atoms with Crippen molar-refractivity contribution >= 4 is 35.2 Å². The van der Waals surface area contributed by atoms with E-state index in [0.29, 0.717) is 0 Å². The molecule has 7 nitrogen and oxygen atoms in total. The second-order valence-electron chi connectivity index (χ2n) is 6.35. The molecule has 1 aliphatic rings. The molecule has 1 heterocycles. The zero-order valence-corrected chi connectivity index (χ0v) is 16.1. The van der Waals surface area contributed by atoms with Gasteiger partial charge in [0.2, 0.25) is 5.91 Å². The fourth-order valence-electron chi connectivity index (χ4n) is 2.99. The normalized spacial score (nSPS) is 13.8. The zero-order valence-electron chi connectivity index (χ0n) is 15.4. The number of carbonyl (C=O) groups is 4. The fraction of sp³-hybridized carbons (Fsp3) is 0.200. The molecule has 150 valence electrons. The summed E-state index contributed by atoms with van der Waals surface area (Å²) in [6.45, 7) is 1.46. The topological polar surface area (TPSA) is 95.6 Å². The van der Waals surface area contributed by atoms with E-state index in [-0.39, 0.29) is 34.8 Å². The van der Waals surface area contributed by atoms with Crippen LogP contribution in [0.3, 0.4) is 0 Å². The van der Waals surface area contributed by atoms with Crippen LogP contribution >= 0.6 is 11.6 Å². The third-order valence-electron chi connectivity index (χ3n) is 4.49. The number of hydrogen-bond donors (Lipinski definition) is 2. The van der Waals surface area contributed by atoms with Crippen LogP contribution in [-0.2, 0) is 4.79 Å². The first-order valence-electron chi connectivity index (χ1n) is 8.79. The van der Waals surface area contributed by atoms with Crippen LogP contribution in [0.1, 0.15) is 38.0 Å². The average Bonchev–Trinajstić information content (AvgIpc) is 2.95. The zero-order chi connectivity index (χ0) is 21.1. The van der Waals surface area contributed by atoms with Crippen LogP contribution in [0.4, 0.5) is 4.39 Å². The van der Waals surface area contributed by atoms with Crippen LogP contribution in [0.25, 0.3) is 0 Å². The van der Waals surface area contributed by atoms with Gasteiger partial charge in [-0.3, -0.25) is 24.1 Å². The smallest absolute Gasteiger partial charge is 0.262 e. The van der Waals surface area contributed by atoms with Crippen molar-refractivity contribution in [2.45, 2.75) is 13.0 Å². The van der Waals surface area contributed by atoms with Gasteiger partial charge in [0.15, 0.2) is 0 Å². The van der Waals surface area contributed by atoms with Crippen molar-refractivity contribution in [3.8, 4) is 0 Å². The third-order valence-corrected chi connectivity index (χ3v) is 4.81. The number of nitrogens with zero attached hydrogens (tertiary/aromatic N) is 1. The van der Waals surface area contributed by atoms with Gasteiger partial charge in [-0.1, -0.05) is 29.8 Å². The summed E-state index contributed by atoms with van der Waals surface area (Å²) in [4.78, 5) is 50.1. The molecule has 0 aliphatic carbocycles. The fourth-order valence-corrected chi connectivity index (χ4v) is 3.24. The molecule has 3 rings (SSSR count). The molecule has 2 N–H and O–H groups in total. The van der Waals surface area contributed by atoms with Gasteiger partial charge in [0.05, 0.1) is 21.7 Å². The van der Waals surface area contributed by atoms with Crippen LogP contribution in [0, 0.1) is 5.82 Å². The predicted octanol–water partition coefficient (Wildman–Crippen LogP) is 2.01. The largest absolute Gasteiger partial charge is 0.353 e. The minimum absolute atomic E-state index is 0.00404. The van der Waals surface area contributed by atoms with E-state index in [1.54, 1.807) is 12.1 Å². The van der Waals surface area contributed by atoms with Gasteiger partial charge in [-0.05, 0) is 31.2 Å². The Hall–Kier alpha value is -3.26. The van der Waals surface area contributed by atoms with Gasteiger partial charge in [-0.25, -0.2) is 4.39 Å². The van der Waals surface area contributed by atoms with E-state index in [0.717, 1.165) is 11.0 Å². The summed E-state index contributed by atoms with van der Waals surface area (Å²) in [5.41, 5.74) is 0.234. The van der Waals surface area contributed by atoms with Gasteiger partial charge in [-0.15, -0.1) is 0 Å². The maximum atomic E-state index is 13.7. The first kappa shape index (κ1) is 20.5. The molecule has 0 fully saturated rings. The molecule has 2 aromatic carbocycles. The van der Waals surface area contributed by atoms with Crippen LogP contribution in [0.2, 0.25) is 5.02 Å². The molecule has 1 atom stereocenters. The Balaban J connectivity index is 1.53. The summed E-state index contributed by atoms with van der Waals surface area (Å²) in [6, 6.07) is 9.21. The highest BCUT2D eigenvalue weighted by molar-refractivity contribution is 6.33. The molecular formula is C20H17ClFN3O4. The molecule has 9 heteroatoms. The van der Waals surface area contributed by atoms with E-state index >= 15 is 0 Å². The van der Waals surface area contributed by atoms with Crippen molar-refractivity contribution < 1.29 is 23.6 Å². The number of nitrogens with one attached hydrogen (secondary N) is 2. The summed E-state index contributed by atoms with van der Waals surface area (Å²) in [5.74, 6) is -3.08. The van der Waals surface area contributed by atoms with Crippen LogP contribution < -0.4 is 10.6 Å². The first-order chi connectivity index (χ1) is 13.8. The van der Waals surface area contributed by atoms with Gasteiger partial charge in [0.25, 0.3) is 17.7 Å². The minimum Gasteiger partial charge on any atom is -0.353 e. The summed E-state index contributed by atoms with van der Waals surface area (Å²) in [5, 5.41) is 4.96. The number of imide groups is 1. The van der Waals surface area contributed by atoms with Crippen molar-refractivity contribution in [1.29, 1.82) is 0 Å². The Morgan fingerprint density at radius 3 is 2.17 bits per heavy atom. The molecule has 0 aromatic heterocycles. The van der Waals surface area contributed by atoms with E-state index in [4.69, 9.17) is 11.6 Å². The number of carbonyl (C=O) groups excluding carboxylic acids is 4. The maximum absolute atomic E-state index is 13.7. The van der Waals surface area contributed by atoms with Crippen molar-refractivity contribution in [3.05, 3.63) is 70.0 Å². The number of benzene rings is 2. The Morgan fingerprint density at radius 2 is 1.59 bits per heavy atom. The Kier molecular flexibility index (Phi) is 5.93. The first-order valence-corrected chi connectivity index (χ1v) is 9.17. The molecular weight excluding hydrogens is 401 g/mol. The number of fused-ring (bicyclic) bond motifs is 1. The van der Waals surface area contributed by atoms with Gasteiger partial charge >= 0.3 is 0 Å². The number of halogens is 2. The van der Waals surface area contributed by atoms with Gasteiger partial charge in [0.1, 0.15) is 11.9 Å². The van der Waals surface area contributed by atoms with Crippen molar-refractivity contribution in [2.75, 3.05) is 13.1 Å². The van der Waals surface area contributed by atoms with Crippen molar-refractivity contribution in [3.63, 3.8) is 0 Å². The Bertz CT molecular complexity index is 956. The number of hydrogen-bond acceptors (Lipinski definition) is 4. The molecule has 0 saturated heterocycles. The summed E-state index contributed by atoms with van der Waals surface area (Å²) in [6.07, 6.45) is 0. The predicted molar refractivity (Wildman–Crippen MR) is 103 cm³/mol. The number of rotatable bonds is 6. The summed E-state index contributed by atoms with van der Waals surface area (Å²) in [7, 11) is 0. The maximum Gasteiger partial charge on any atom is 0.262 e. The molecule has 0 saturated carbocycles. The summed E-state index contributed by atoms with van der Waals surface area (Å²) < 4.78 is 13.7. The van der Waals surface area contributed by atoms with Crippen LogP contribution in [0.15, 0.2) is 42.5 Å². The molecule has 1 aliphatic heterocycles. The van der Waals surface area contributed by atoms with Gasteiger partial charge in [-0.2, -0.15) is 0 Å². The Morgan fingerprint density at radius 1 is 1.00 bits per heavy atom. The van der Waals surface area contributed by atoms with E-state index < -0.39 is 35.5 Å². The number of amides is 4. The molecule has 0 spiro atoms. The van der Waals surface area contributed by atoms with E-state index in [2.05, 4.69) is 10.6 Å². The van der Waals surface area contributed by atoms with E-state index in [1.165, 1.54) is 31.2 Å². The molecule has 0 radical (unpaired) electrons. The quantitative estimate of drug-likeness (QED) is 0.555. The van der Waals surface area contributed by atoms with Crippen molar-refractivity contribution in [2.24, 2.45) is 0 Å². The van der Waals surface area contributed by atoms with Crippen LogP contribution in [0.5, 0.6) is 0 Å².